The number of hydrogen-bond donors (Lipinski definition) is 1. The molecule has 0 aromatic heterocycles. The van der Waals surface area contributed by atoms with Gasteiger partial charge in [0.25, 0.3) is 5.69 Å². The molecule has 1 heterocycles. The summed E-state index contributed by atoms with van der Waals surface area (Å²) < 4.78 is 11.0. The monoisotopic (exact) mass is 524 g/mol. The van der Waals surface area contributed by atoms with Crippen molar-refractivity contribution in [1.29, 1.82) is 0 Å². The van der Waals surface area contributed by atoms with E-state index in [0.29, 0.717) is 13.1 Å². The second-order valence-electron chi connectivity index (χ2n) is 9.42. The van der Waals surface area contributed by atoms with Gasteiger partial charge in [-0.1, -0.05) is 42.5 Å². The molecule has 1 aliphatic rings. The highest BCUT2D eigenvalue weighted by Crippen LogP contribution is 2.36. The normalized spacial score (nSPS) is 16.3. The number of nitro benzene ring substituents is 1. The Morgan fingerprint density at radius 1 is 1.11 bits per heavy atom. The standard InChI is InChI=1S/C27H32N4O7/c1-17(2)37-25(32)23-19(4)28-26(33)30(24(23)21-12-9-13-22(14-21)31(35)36)27(34)38-18(3)15-29(5)16-20-10-7-6-8-11-20/h6-14,17-18,24H,15-16H2,1-5H3,(H,28,33)/t18-,24?/m1/s1. The fourth-order valence-electron chi connectivity index (χ4n) is 4.26. The third-order valence-electron chi connectivity index (χ3n) is 5.77. The van der Waals surface area contributed by atoms with E-state index in [0.717, 1.165) is 10.5 Å². The number of carbonyl (C=O) groups is 3. The minimum atomic E-state index is -1.29. The summed E-state index contributed by atoms with van der Waals surface area (Å²) in [5, 5.41) is 14.0. The van der Waals surface area contributed by atoms with Crippen LogP contribution in [-0.4, -0.2) is 58.6 Å². The van der Waals surface area contributed by atoms with Crippen molar-refractivity contribution in [1.82, 2.24) is 15.1 Å². The van der Waals surface area contributed by atoms with E-state index in [1.165, 1.54) is 31.2 Å². The van der Waals surface area contributed by atoms with E-state index in [4.69, 9.17) is 9.47 Å². The van der Waals surface area contributed by atoms with Crippen LogP contribution in [0.2, 0.25) is 0 Å². The molecule has 0 aliphatic carbocycles. The number of carbonyl (C=O) groups excluding carboxylic acids is 3. The Morgan fingerprint density at radius 3 is 2.42 bits per heavy atom. The lowest BCUT2D eigenvalue weighted by Gasteiger charge is -2.36. The number of nitrogens with one attached hydrogen (secondary N) is 1. The summed E-state index contributed by atoms with van der Waals surface area (Å²) in [6.07, 6.45) is -2.10. The molecule has 11 heteroatoms. The number of ether oxygens (including phenoxy) is 2. The largest absolute Gasteiger partial charge is 0.459 e. The first-order valence-electron chi connectivity index (χ1n) is 12.2. The number of rotatable bonds is 9. The highest BCUT2D eigenvalue weighted by atomic mass is 16.6. The molecule has 1 aliphatic heterocycles. The van der Waals surface area contributed by atoms with Gasteiger partial charge in [0.1, 0.15) is 12.1 Å². The van der Waals surface area contributed by atoms with Crippen LogP contribution >= 0.6 is 0 Å². The summed E-state index contributed by atoms with van der Waals surface area (Å²) in [5.74, 6) is -0.762. The minimum absolute atomic E-state index is 0.0235. The van der Waals surface area contributed by atoms with Gasteiger partial charge in [-0.3, -0.25) is 15.0 Å². The molecule has 0 spiro atoms. The summed E-state index contributed by atoms with van der Waals surface area (Å²) in [6.45, 7) is 7.52. The summed E-state index contributed by atoms with van der Waals surface area (Å²) in [4.78, 5) is 53.1. The summed E-state index contributed by atoms with van der Waals surface area (Å²) in [7, 11) is 1.88. The average Bonchev–Trinajstić information content (AvgIpc) is 2.83. The van der Waals surface area contributed by atoms with Crippen LogP contribution in [-0.2, 0) is 20.8 Å². The third kappa shape index (κ3) is 6.94. The van der Waals surface area contributed by atoms with Crippen molar-refractivity contribution in [2.45, 2.75) is 52.5 Å². The SMILES string of the molecule is CC1=C(C(=O)OC(C)C)C(c2cccc([N+](=O)[O-])c2)N(C(=O)O[C@H](C)CN(C)Cc2ccccc2)C(=O)N1. The molecule has 3 amide bonds. The molecule has 0 bridgehead atoms. The van der Waals surface area contributed by atoms with Gasteiger partial charge < -0.3 is 14.8 Å². The van der Waals surface area contributed by atoms with Gasteiger partial charge in [-0.05, 0) is 45.9 Å². The van der Waals surface area contributed by atoms with E-state index >= 15 is 0 Å². The number of esters is 1. The molecule has 0 radical (unpaired) electrons. The van der Waals surface area contributed by atoms with Gasteiger partial charge in [-0.25, -0.2) is 19.3 Å². The lowest BCUT2D eigenvalue weighted by atomic mass is 9.93. The zero-order valence-corrected chi connectivity index (χ0v) is 22.0. The summed E-state index contributed by atoms with van der Waals surface area (Å²) in [5.41, 5.74) is 1.17. The third-order valence-corrected chi connectivity index (χ3v) is 5.77. The van der Waals surface area contributed by atoms with Gasteiger partial charge in [0, 0.05) is 30.9 Å². The molecule has 0 saturated heterocycles. The van der Waals surface area contributed by atoms with Crippen molar-refractivity contribution >= 4 is 23.8 Å². The van der Waals surface area contributed by atoms with Crippen molar-refractivity contribution in [3.63, 3.8) is 0 Å². The number of non-ortho nitro benzene ring substituents is 1. The Morgan fingerprint density at radius 2 is 1.79 bits per heavy atom. The first-order valence-corrected chi connectivity index (χ1v) is 12.2. The molecule has 3 rings (SSSR count). The average molecular weight is 525 g/mol. The van der Waals surface area contributed by atoms with E-state index in [1.54, 1.807) is 20.8 Å². The molecule has 38 heavy (non-hydrogen) atoms. The van der Waals surface area contributed by atoms with Crippen LogP contribution in [0.1, 0.15) is 44.9 Å². The van der Waals surface area contributed by atoms with Gasteiger partial charge >= 0.3 is 18.1 Å². The van der Waals surface area contributed by atoms with Gasteiger partial charge in [0.15, 0.2) is 0 Å². The maximum atomic E-state index is 13.4. The highest BCUT2D eigenvalue weighted by molar-refractivity contribution is 6.00. The Balaban J connectivity index is 1.90. The van der Waals surface area contributed by atoms with Gasteiger partial charge in [-0.15, -0.1) is 0 Å². The second kappa shape index (κ2) is 12.3. The number of hydrogen-bond acceptors (Lipinski definition) is 8. The Hall–Kier alpha value is -4.25. The smallest absolute Gasteiger partial charge is 0.419 e. The first-order chi connectivity index (χ1) is 18.0. The second-order valence-corrected chi connectivity index (χ2v) is 9.42. The molecule has 2 aromatic carbocycles. The van der Waals surface area contributed by atoms with Crippen LogP contribution in [0, 0.1) is 10.1 Å². The predicted octanol–water partition coefficient (Wildman–Crippen LogP) is 4.54. The number of nitrogens with zero attached hydrogens (tertiary/aromatic N) is 3. The van der Waals surface area contributed by atoms with Crippen LogP contribution in [0.15, 0.2) is 65.9 Å². The lowest BCUT2D eigenvalue weighted by Crippen LogP contribution is -2.52. The molecular weight excluding hydrogens is 492 g/mol. The van der Waals surface area contributed by atoms with Crippen molar-refractivity contribution in [3.05, 3.63) is 87.1 Å². The van der Waals surface area contributed by atoms with E-state index in [9.17, 15) is 24.5 Å². The molecule has 0 fully saturated rings. The van der Waals surface area contributed by atoms with Crippen LogP contribution in [0.3, 0.4) is 0 Å². The number of imide groups is 1. The van der Waals surface area contributed by atoms with Crippen LogP contribution < -0.4 is 5.32 Å². The molecule has 0 saturated carbocycles. The number of benzene rings is 2. The fourth-order valence-corrected chi connectivity index (χ4v) is 4.26. The van der Waals surface area contributed by atoms with E-state index in [-0.39, 0.29) is 22.5 Å². The number of amides is 3. The topological polar surface area (TPSA) is 131 Å². The molecular formula is C27H32N4O7. The van der Waals surface area contributed by atoms with Crippen molar-refractivity contribution in [3.8, 4) is 0 Å². The number of nitro groups is 1. The predicted molar refractivity (Wildman–Crippen MR) is 139 cm³/mol. The molecule has 2 aromatic rings. The lowest BCUT2D eigenvalue weighted by molar-refractivity contribution is -0.384. The van der Waals surface area contributed by atoms with Crippen LogP contribution in [0.5, 0.6) is 0 Å². The molecule has 202 valence electrons. The van der Waals surface area contributed by atoms with Gasteiger partial charge in [-0.2, -0.15) is 0 Å². The van der Waals surface area contributed by atoms with Gasteiger partial charge in [0.05, 0.1) is 16.6 Å². The van der Waals surface area contributed by atoms with Crippen LogP contribution in [0.4, 0.5) is 15.3 Å². The minimum Gasteiger partial charge on any atom is -0.459 e. The Labute approximate surface area is 221 Å². The van der Waals surface area contributed by atoms with E-state index in [2.05, 4.69) is 5.32 Å². The number of allylic oxidation sites excluding steroid dienone is 1. The molecule has 1 unspecified atom stereocenters. The zero-order valence-electron chi connectivity index (χ0n) is 22.0. The number of urea groups is 1. The maximum absolute atomic E-state index is 13.4. The van der Waals surface area contributed by atoms with Gasteiger partial charge in [0.2, 0.25) is 0 Å². The fraction of sp³-hybridized carbons (Fsp3) is 0.370. The molecule has 11 nitrogen and oxygen atoms in total. The summed E-state index contributed by atoms with van der Waals surface area (Å²) in [6, 6.07) is 13.1. The Kier molecular flexibility index (Phi) is 9.19. The van der Waals surface area contributed by atoms with Crippen molar-refractivity contribution in [2.24, 2.45) is 0 Å². The van der Waals surface area contributed by atoms with Crippen molar-refractivity contribution < 1.29 is 28.8 Å². The molecule has 2 atom stereocenters. The molecule has 1 N–H and O–H groups in total. The van der Waals surface area contributed by atoms with Crippen LogP contribution in [0.25, 0.3) is 0 Å². The summed E-state index contributed by atoms with van der Waals surface area (Å²) >= 11 is 0. The Bertz CT molecular complexity index is 1230. The van der Waals surface area contributed by atoms with E-state index in [1.807, 2.05) is 42.3 Å². The maximum Gasteiger partial charge on any atom is 0.419 e. The number of likely N-dealkylation sites (N-methyl/N-ethyl adjacent to an activating group) is 1. The van der Waals surface area contributed by atoms with Crippen molar-refractivity contribution in [2.75, 3.05) is 13.6 Å². The first kappa shape index (κ1) is 28.3. The highest BCUT2D eigenvalue weighted by Gasteiger charge is 2.43. The zero-order chi connectivity index (χ0) is 28.0. The quantitative estimate of drug-likeness (QED) is 0.287. The van der Waals surface area contributed by atoms with E-state index < -0.39 is 41.3 Å².